The summed E-state index contributed by atoms with van der Waals surface area (Å²) in [7, 11) is -15.2. The van der Waals surface area contributed by atoms with E-state index in [1.807, 2.05) is 0 Å². The molecule has 2 rings (SSSR count). The van der Waals surface area contributed by atoms with E-state index in [-0.39, 0.29) is 12.0 Å². The number of phosphoric ester groups is 1. The summed E-state index contributed by atoms with van der Waals surface area (Å²) in [5.74, 6) is 0. The summed E-state index contributed by atoms with van der Waals surface area (Å²) in [5, 5.41) is 10.0. The monoisotopic (exact) mass is 480 g/mol. The minimum atomic E-state index is -5.42. The summed E-state index contributed by atoms with van der Waals surface area (Å²) < 4.78 is 52.7. The van der Waals surface area contributed by atoms with E-state index >= 15 is 0 Å². The molecule has 166 valence electrons. The summed E-state index contributed by atoms with van der Waals surface area (Å²) in [6.07, 6.45) is -2.49. The fourth-order valence-electron chi connectivity index (χ4n) is 2.36. The number of hydrogen-bond donors (Lipinski definition) is 5. The van der Waals surface area contributed by atoms with Crippen LogP contribution in [-0.4, -0.2) is 54.8 Å². The number of rotatable bonds is 8. The van der Waals surface area contributed by atoms with Crippen molar-refractivity contribution in [1.82, 2.24) is 9.55 Å². The third kappa shape index (κ3) is 7.06. The van der Waals surface area contributed by atoms with Gasteiger partial charge in [-0.25, -0.2) is 18.2 Å². The lowest BCUT2D eigenvalue weighted by Gasteiger charge is -2.19. The molecule has 0 saturated carbocycles. The molecule has 4 unspecified atom stereocenters. The van der Waals surface area contributed by atoms with Crippen LogP contribution >= 0.6 is 23.2 Å². The molecule has 1 aliphatic rings. The number of nitrogens with zero attached hydrogens (tertiary/aromatic N) is 1. The minimum Gasteiger partial charge on any atom is -0.390 e. The second-order valence-corrected chi connectivity index (χ2v) is 11.2. The zero-order valence-electron chi connectivity index (χ0n) is 15.0. The second-order valence-electron chi connectivity index (χ2n) is 6.11. The Hall–Kier alpha value is -0.950. The number of ether oxygens (including phenoxy) is 1. The van der Waals surface area contributed by atoms with E-state index < -0.39 is 59.5 Å². The molecule has 0 aromatic carbocycles. The van der Waals surface area contributed by atoms with Crippen LogP contribution < -0.4 is 11.2 Å². The van der Waals surface area contributed by atoms with Gasteiger partial charge in [0.2, 0.25) is 0 Å². The molecule has 2 heterocycles. The summed E-state index contributed by atoms with van der Waals surface area (Å²) in [6, 6.07) is 0. The van der Waals surface area contributed by atoms with E-state index in [0.29, 0.717) is 6.66 Å². The molecule has 1 aliphatic heterocycles. The van der Waals surface area contributed by atoms with E-state index in [4.69, 9.17) is 9.63 Å². The first kappa shape index (κ1) is 24.3. The van der Waals surface area contributed by atoms with Gasteiger partial charge in [0, 0.05) is 24.8 Å². The lowest BCUT2D eigenvalue weighted by Crippen LogP contribution is -2.33. The standard InChI is InChI=1S/C11H19N2O13P3/c1-6-4-13(11(16)12-10(6)15)9-3-7(14)8(24-9)5-23-28(19,20)26-29(21,22)25-27(2,17)18/h4,7-9,14H,3,5H2,1-2H3,(H,17,18)(H,19,20)(H,21,22)(H,12,15,16)/t7?,8-,9-/m1/s1. The van der Waals surface area contributed by atoms with Crippen molar-refractivity contribution in [3.05, 3.63) is 32.6 Å². The van der Waals surface area contributed by atoms with Crippen molar-refractivity contribution in [1.29, 1.82) is 0 Å². The molecule has 1 aromatic rings. The van der Waals surface area contributed by atoms with Crippen LogP contribution in [0.2, 0.25) is 0 Å². The molecule has 0 bridgehead atoms. The molecule has 0 radical (unpaired) electrons. The van der Waals surface area contributed by atoms with E-state index in [0.717, 1.165) is 4.57 Å². The van der Waals surface area contributed by atoms with Crippen molar-refractivity contribution in [2.45, 2.75) is 31.8 Å². The molecule has 5 N–H and O–H groups in total. The van der Waals surface area contributed by atoms with Crippen LogP contribution in [0.1, 0.15) is 18.2 Å². The van der Waals surface area contributed by atoms with Crippen LogP contribution in [0.15, 0.2) is 15.8 Å². The molecule has 0 aliphatic carbocycles. The maximum Gasteiger partial charge on any atom is 0.488 e. The molecule has 0 spiro atoms. The van der Waals surface area contributed by atoms with Crippen molar-refractivity contribution in [3.63, 3.8) is 0 Å². The second kappa shape index (κ2) is 8.66. The number of H-pyrrole nitrogens is 1. The lowest BCUT2D eigenvalue weighted by atomic mass is 10.2. The average molecular weight is 480 g/mol. The third-order valence-electron chi connectivity index (χ3n) is 3.52. The maximum atomic E-state index is 11.9. The van der Waals surface area contributed by atoms with Gasteiger partial charge in [-0.05, 0) is 6.92 Å². The van der Waals surface area contributed by atoms with E-state index in [1.54, 1.807) is 0 Å². The van der Waals surface area contributed by atoms with Crippen molar-refractivity contribution in [2.24, 2.45) is 0 Å². The van der Waals surface area contributed by atoms with Gasteiger partial charge in [0.15, 0.2) is 0 Å². The molecule has 1 saturated heterocycles. The minimum absolute atomic E-state index is 0.138. The summed E-state index contributed by atoms with van der Waals surface area (Å²) in [6.45, 7) is 1.17. The first-order valence-electron chi connectivity index (χ1n) is 7.77. The van der Waals surface area contributed by atoms with Gasteiger partial charge in [0.25, 0.3) is 5.56 Å². The van der Waals surface area contributed by atoms with Gasteiger partial charge < -0.3 is 24.5 Å². The van der Waals surface area contributed by atoms with E-state index in [1.165, 1.54) is 13.1 Å². The summed E-state index contributed by atoms with van der Waals surface area (Å²) >= 11 is 0. The number of phosphoric acid groups is 2. The van der Waals surface area contributed by atoms with Crippen LogP contribution in [0.4, 0.5) is 0 Å². The Morgan fingerprint density at radius 1 is 1.21 bits per heavy atom. The molecule has 1 aromatic heterocycles. The van der Waals surface area contributed by atoms with Gasteiger partial charge in [-0.3, -0.25) is 23.4 Å². The van der Waals surface area contributed by atoms with Gasteiger partial charge in [-0.1, -0.05) is 0 Å². The zero-order valence-corrected chi connectivity index (χ0v) is 17.7. The Labute approximate surface area is 162 Å². The predicted octanol–water partition coefficient (Wildman–Crippen LogP) is -0.441. The summed E-state index contributed by atoms with van der Waals surface area (Å²) in [4.78, 5) is 52.9. The Morgan fingerprint density at radius 3 is 2.41 bits per heavy atom. The van der Waals surface area contributed by atoms with Crippen molar-refractivity contribution < 1.29 is 51.4 Å². The fraction of sp³-hybridized carbons (Fsp3) is 0.636. The topological polar surface area (TPSA) is 224 Å². The Morgan fingerprint density at radius 2 is 1.83 bits per heavy atom. The van der Waals surface area contributed by atoms with Crippen molar-refractivity contribution >= 4 is 23.2 Å². The average Bonchev–Trinajstić information content (AvgIpc) is 2.86. The Kier molecular flexibility index (Phi) is 7.26. The summed E-state index contributed by atoms with van der Waals surface area (Å²) in [5.41, 5.74) is -1.20. The number of aliphatic hydroxyl groups is 1. The highest BCUT2D eigenvalue weighted by atomic mass is 31.3. The molecular formula is C11H19N2O13P3. The molecule has 29 heavy (non-hydrogen) atoms. The van der Waals surface area contributed by atoms with Crippen molar-refractivity contribution in [2.75, 3.05) is 13.3 Å². The van der Waals surface area contributed by atoms with Gasteiger partial charge in [-0.15, -0.1) is 0 Å². The molecular weight excluding hydrogens is 461 g/mol. The molecule has 6 atom stereocenters. The van der Waals surface area contributed by atoms with Crippen LogP contribution in [0.3, 0.4) is 0 Å². The normalized spacial score (nSPS) is 28.4. The molecule has 0 amide bonds. The van der Waals surface area contributed by atoms with Gasteiger partial charge in [-0.2, -0.15) is 4.31 Å². The Balaban J connectivity index is 2.03. The van der Waals surface area contributed by atoms with Gasteiger partial charge in [0.05, 0.1) is 12.7 Å². The van der Waals surface area contributed by atoms with E-state index in [2.05, 4.69) is 18.1 Å². The van der Waals surface area contributed by atoms with Crippen LogP contribution in [-0.2, 0) is 31.6 Å². The highest BCUT2D eigenvalue weighted by molar-refractivity contribution is 7.68. The molecule has 15 nitrogen and oxygen atoms in total. The van der Waals surface area contributed by atoms with Gasteiger partial charge >= 0.3 is 28.9 Å². The SMILES string of the molecule is Cc1cn([C@H]2CC(O)[C@@H](COP(=O)(O)OP(=O)(O)OP(C)(=O)O)O2)c(=O)[nH]c1=O. The number of hydrogen-bond acceptors (Lipinski definition) is 10. The first-order valence-corrected chi connectivity index (χ1v) is 12.8. The predicted molar refractivity (Wildman–Crippen MR) is 94.1 cm³/mol. The number of aromatic nitrogens is 2. The highest BCUT2D eigenvalue weighted by Crippen LogP contribution is 2.66. The molecule has 1 fully saturated rings. The highest BCUT2D eigenvalue weighted by Gasteiger charge is 2.42. The molecule has 18 heteroatoms. The number of nitrogens with one attached hydrogen (secondary N) is 1. The third-order valence-corrected chi connectivity index (χ3v) is 7.69. The maximum absolute atomic E-state index is 11.9. The quantitative estimate of drug-likeness (QED) is 0.298. The number of aromatic amines is 1. The zero-order chi connectivity index (χ0) is 22.2. The number of aryl methyl sites for hydroxylation is 1. The lowest BCUT2D eigenvalue weighted by molar-refractivity contribution is -0.0450. The largest absolute Gasteiger partial charge is 0.488 e. The van der Waals surface area contributed by atoms with E-state index in [9.17, 15) is 38.2 Å². The first-order chi connectivity index (χ1) is 13.1. The van der Waals surface area contributed by atoms with Gasteiger partial charge in [0.1, 0.15) is 12.3 Å². The van der Waals surface area contributed by atoms with Crippen LogP contribution in [0.5, 0.6) is 0 Å². The smallest absolute Gasteiger partial charge is 0.390 e. The number of aliphatic hydroxyl groups excluding tert-OH is 1. The fourth-order valence-corrected chi connectivity index (χ4v) is 5.85. The van der Waals surface area contributed by atoms with Crippen LogP contribution in [0, 0.1) is 6.92 Å². The van der Waals surface area contributed by atoms with Crippen molar-refractivity contribution in [3.8, 4) is 0 Å². The van der Waals surface area contributed by atoms with Crippen LogP contribution in [0.25, 0.3) is 0 Å². The Bertz CT molecular complexity index is 1010.